The molecule has 7 heteroatoms. The third-order valence-corrected chi connectivity index (χ3v) is 52.9. The van der Waals surface area contributed by atoms with Crippen LogP contribution in [-0.4, -0.2) is 55.0 Å². The van der Waals surface area contributed by atoms with Gasteiger partial charge in [0.25, 0.3) is 0 Å². The zero-order valence-corrected chi connectivity index (χ0v) is 29.4. The zero-order chi connectivity index (χ0) is 22.6. The second-order valence-electron chi connectivity index (χ2n) is 10.8. The molecular formula is C22H54O3Si2Sn2. The van der Waals surface area contributed by atoms with Gasteiger partial charge >= 0.3 is 198 Å². The van der Waals surface area contributed by atoms with E-state index in [2.05, 4.69) is 67.0 Å². The van der Waals surface area contributed by atoms with Gasteiger partial charge in [-0.1, -0.05) is 0 Å². The first-order valence-electron chi connectivity index (χ1n) is 12.5. The first-order valence-corrected chi connectivity index (χ1v) is 32.0. The van der Waals surface area contributed by atoms with Crippen LogP contribution in [0.2, 0.25) is 57.0 Å². The molecule has 0 spiro atoms. The average Bonchev–Trinajstić information content (AvgIpc) is 2.58. The van der Waals surface area contributed by atoms with Crippen molar-refractivity contribution in [1.29, 1.82) is 0 Å². The summed E-state index contributed by atoms with van der Waals surface area (Å²) in [6, 6.07) is 0. The average molecular weight is 660 g/mol. The Labute approximate surface area is 196 Å². The van der Waals surface area contributed by atoms with E-state index in [0.717, 1.165) is 0 Å². The van der Waals surface area contributed by atoms with Crippen LogP contribution in [-0.2, 0) is 6.94 Å². The Morgan fingerprint density at radius 2 is 0.724 bits per heavy atom. The third kappa shape index (κ3) is 14.6. The molecule has 0 aliphatic rings. The van der Waals surface area contributed by atoms with Crippen LogP contribution < -0.4 is 0 Å². The topological polar surface area (TPSA) is 27.7 Å². The van der Waals surface area contributed by atoms with Crippen LogP contribution in [0.5, 0.6) is 0 Å². The standard InChI is InChI=1S/4C4H9.2C3H9OSi.O.2Sn/c4*1-3-4-2;2*1-5(2,3)4;;;/h4*1,3-4H2,2H3;2*1-3H3;;;/q;;;;2*-1;;2*+1. The van der Waals surface area contributed by atoms with Gasteiger partial charge in [-0.25, -0.2) is 0 Å². The summed E-state index contributed by atoms with van der Waals surface area (Å²) < 4.78 is 26.9. The fraction of sp³-hybridized carbons (Fsp3) is 1.00. The molecule has 0 aromatic carbocycles. The molecule has 0 heterocycles. The monoisotopic (exact) mass is 662 g/mol. The van der Waals surface area contributed by atoms with Crippen molar-refractivity contribution in [3.05, 3.63) is 0 Å². The molecule has 176 valence electrons. The van der Waals surface area contributed by atoms with E-state index in [-0.39, 0.29) is 0 Å². The van der Waals surface area contributed by atoms with Crippen molar-refractivity contribution in [2.75, 3.05) is 0 Å². The van der Waals surface area contributed by atoms with Crippen LogP contribution in [0, 0.1) is 0 Å². The Morgan fingerprint density at radius 3 is 0.897 bits per heavy atom. The number of hydrogen-bond donors (Lipinski definition) is 0. The minimum atomic E-state index is -3.20. The molecule has 0 rings (SSSR count). The van der Waals surface area contributed by atoms with Crippen molar-refractivity contribution in [1.82, 2.24) is 0 Å². The van der Waals surface area contributed by atoms with Crippen molar-refractivity contribution in [3.63, 3.8) is 0 Å². The molecule has 0 aromatic rings. The Hall–Kier alpha value is 1.91. The molecule has 0 bridgehead atoms. The van der Waals surface area contributed by atoms with Crippen LogP contribution in [0.4, 0.5) is 0 Å². The summed E-state index contributed by atoms with van der Waals surface area (Å²) in [5.74, 6) is 0. The summed E-state index contributed by atoms with van der Waals surface area (Å²) in [6.07, 6.45) is 10.0. The van der Waals surface area contributed by atoms with Gasteiger partial charge in [0.15, 0.2) is 0 Å². The molecule has 0 amide bonds. The van der Waals surface area contributed by atoms with Crippen molar-refractivity contribution in [3.8, 4) is 0 Å². The maximum atomic E-state index is 7.63. The molecule has 3 nitrogen and oxygen atoms in total. The molecular weight excluding hydrogens is 606 g/mol. The molecule has 0 radical (unpaired) electrons. The van der Waals surface area contributed by atoms with E-state index >= 15 is 0 Å². The number of rotatable bonds is 18. The first kappa shape index (κ1) is 30.9. The van der Waals surface area contributed by atoms with E-state index in [1.165, 1.54) is 69.1 Å². The molecule has 0 saturated heterocycles. The molecule has 0 fully saturated rings. The Balaban J connectivity index is 6.14. The van der Waals surface area contributed by atoms with Crippen LogP contribution in [0.15, 0.2) is 0 Å². The van der Waals surface area contributed by atoms with Gasteiger partial charge in [0.05, 0.1) is 0 Å². The molecule has 0 aromatic heterocycles. The summed E-state index contributed by atoms with van der Waals surface area (Å²) in [7, 11) is -3.31. The van der Waals surface area contributed by atoms with Gasteiger partial charge in [-0.15, -0.1) is 0 Å². The fourth-order valence-corrected chi connectivity index (χ4v) is 70.3. The molecule has 0 aliphatic heterocycles. The van der Waals surface area contributed by atoms with Gasteiger partial charge < -0.3 is 0 Å². The summed E-state index contributed by atoms with van der Waals surface area (Å²) in [6.45, 7) is 23.5. The van der Waals surface area contributed by atoms with E-state index in [4.69, 9.17) is 6.94 Å². The van der Waals surface area contributed by atoms with Crippen molar-refractivity contribution < 1.29 is 6.94 Å². The van der Waals surface area contributed by atoms with E-state index < -0.39 is 55.0 Å². The zero-order valence-electron chi connectivity index (χ0n) is 21.7. The van der Waals surface area contributed by atoms with Crippen molar-refractivity contribution in [2.45, 2.75) is 136 Å². The predicted octanol–water partition coefficient (Wildman–Crippen LogP) is 8.79. The van der Waals surface area contributed by atoms with E-state index in [1.807, 2.05) is 0 Å². The van der Waals surface area contributed by atoms with Crippen LogP contribution in [0.1, 0.15) is 79.1 Å². The second-order valence-corrected chi connectivity index (χ2v) is 43.7. The third-order valence-electron chi connectivity index (χ3n) is 5.00. The molecule has 0 aliphatic carbocycles. The van der Waals surface area contributed by atoms with E-state index in [1.54, 1.807) is 0 Å². The molecule has 29 heavy (non-hydrogen) atoms. The number of hydrogen-bond acceptors (Lipinski definition) is 3. The van der Waals surface area contributed by atoms with E-state index in [9.17, 15) is 0 Å². The molecule has 0 N–H and O–H groups in total. The SMILES string of the molecule is CCC[CH2][Sn]([CH2]CCC)([O][Si](C)(C)C)[O][Sn]([CH2]CCC)([CH2]CCC)[O][Si](C)(C)C. The summed E-state index contributed by atoms with van der Waals surface area (Å²) in [5, 5.41) is 0. The molecule has 0 atom stereocenters. The van der Waals surface area contributed by atoms with Gasteiger partial charge in [-0.05, 0) is 0 Å². The van der Waals surface area contributed by atoms with Gasteiger partial charge in [0, 0.05) is 0 Å². The van der Waals surface area contributed by atoms with Crippen LogP contribution in [0.3, 0.4) is 0 Å². The van der Waals surface area contributed by atoms with E-state index in [0.29, 0.717) is 0 Å². The first-order chi connectivity index (χ1) is 13.4. The normalized spacial score (nSPS) is 13.9. The van der Waals surface area contributed by atoms with Crippen molar-refractivity contribution in [2.24, 2.45) is 0 Å². The quantitative estimate of drug-likeness (QED) is 0.138. The predicted molar refractivity (Wildman–Crippen MR) is 140 cm³/mol. The Morgan fingerprint density at radius 1 is 0.483 bits per heavy atom. The number of unbranched alkanes of at least 4 members (excludes halogenated alkanes) is 4. The summed E-state index contributed by atoms with van der Waals surface area (Å²) in [5.41, 5.74) is 0. The van der Waals surface area contributed by atoms with Gasteiger partial charge in [0.2, 0.25) is 0 Å². The second kappa shape index (κ2) is 14.9. The van der Waals surface area contributed by atoms with Crippen LogP contribution in [0.25, 0.3) is 0 Å². The maximum absolute atomic E-state index is 7.63. The van der Waals surface area contributed by atoms with Gasteiger partial charge in [-0.2, -0.15) is 0 Å². The van der Waals surface area contributed by atoms with Gasteiger partial charge in [0.1, 0.15) is 0 Å². The Kier molecular flexibility index (Phi) is 15.9. The van der Waals surface area contributed by atoms with Gasteiger partial charge in [-0.3, -0.25) is 0 Å². The van der Waals surface area contributed by atoms with Crippen molar-refractivity contribution >= 4 is 55.0 Å². The molecule has 0 saturated carbocycles. The van der Waals surface area contributed by atoms with Crippen LogP contribution >= 0.6 is 0 Å². The summed E-state index contributed by atoms with van der Waals surface area (Å²) >= 11 is -6.40. The minimum absolute atomic E-state index is 1.24. The molecule has 0 unspecified atom stereocenters. The fourth-order valence-electron chi connectivity index (χ4n) is 3.94. The Bertz CT molecular complexity index is 369. The summed E-state index contributed by atoms with van der Waals surface area (Å²) in [4.78, 5) is 0.